The van der Waals surface area contributed by atoms with Gasteiger partial charge in [-0.15, -0.1) is 6.58 Å². The number of aromatic nitrogens is 1. The van der Waals surface area contributed by atoms with E-state index < -0.39 is 0 Å². The van der Waals surface area contributed by atoms with E-state index in [1.165, 1.54) is 11.3 Å². The van der Waals surface area contributed by atoms with Crippen LogP contribution in [-0.4, -0.2) is 37.0 Å². The number of quaternary nitrogens is 1. The van der Waals surface area contributed by atoms with E-state index in [0.717, 1.165) is 41.7 Å². The van der Waals surface area contributed by atoms with Crippen molar-refractivity contribution in [3.63, 3.8) is 0 Å². The summed E-state index contributed by atoms with van der Waals surface area (Å²) in [6.07, 6.45) is 6.00. The van der Waals surface area contributed by atoms with Gasteiger partial charge in [0.15, 0.2) is 6.04 Å². The molecule has 0 saturated carbocycles. The SMILES string of the molecule is C=C[C@H]1C[NH+]2CC[C@@H]1C[C@@H]2C(=O)c1ccnc2ccc(OC)cc12. The average molecular weight is 323 g/mol. The summed E-state index contributed by atoms with van der Waals surface area (Å²) >= 11 is 0. The molecular weight excluding hydrogens is 300 g/mol. The highest BCUT2D eigenvalue weighted by molar-refractivity contribution is 6.09. The minimum absolute atomic E-state index is 0.0664. The molecule has 3 fully saturated rings. The van der Waals surface area contributed by atoms with E-state index in [-0.39, 0.29) is 11.8 Å². The van der Waals surface area contributed by atoms with Crippen molar-refractivity contribution in [2.24, 2.45) is 11.8 Å². The third-order valence-corrected chi connectivity index (χ3v) is 5.80. The number of rotatable bonds is 4. The Morgan fingerprint density at radius 2 is 2.29 bits per heavy atom. The first-order valence-electron chi connectivity index (χ1n) is 8.65. The lowest BCUT2D eigenvalue weighted by Gasteiger charge is -2.45. The Bertz CT molecular complexity index is 801. The normalized spacial score (nSPS) is 28.7. The van der Waals surface area contributed by atoms with Gasteiger partial charge in [-0.1, -0.05) is 6.08 Å². The number of ketones is 1. The maximum atomic E-state index is 13.3. The number of nitrogens with zero attached hydrogens (tertiary/aromatic N) is 1. The number of Topliss-reactive ketones (excluding diaryl/α,β-unsaturated/α-hetero) is 1. The molecule has 3 aliphatic heterocycles. The molecule has 5 rings (SSSR count). The third-order valence-electron chi connectivity index (χ3n) is 5.80. The van der Waals surface area contributed by atoms with Gasteiger partial charge in [0.2, 0.25) is 5.78 Å². The van der Waals surface area contributed by atoms with Gasteiger partial charge in [-0.05, 0) is 30.2 Å². The van der Waals surface area contributed by atoms with Crippen LogP contribution in [-0.2, 0) is 0 Å². The molecule has 124 valence electrons. The van der Waals surface area contributed by atoms with Gasteiger partial charge in [0.1, 0.15) is 5.75 Å². The summed E-state index contributed by atoms with van der Waals surface area (Å²) in [5, 5.41) is 0.893. The smallest absolute Gasteiger partial charge is 0.220 e. The Kier molecular flexibility index (Phi) is 3.85. The number of pyridine rings is 1. The van der Waals surface area contributed by atoms with Crippen LogP contribution in [0.2, 0.25) is 0 Å². The molecule has 4 nitrogen and oxygen atoms in total. The Hall–Kier alpha value is -2.20. The number of hydrogen-bond donors (Lipinski definition) is 1. The second-order valence-corrected chi connectivity index (χ2v) is 6.95. The highest BCUT2D eigenvalue weighted by Crippen LogP contribution is 2.30. The molecule has 1 N–H and O–H groups in total. The largest absolute Gasteiger partial charge is 0.497 e. The topological polar surface area (TPSA) is 43.6 Å². The van der Waals surface area contributed by atoms with Crippen molar-refractivity contribution in [3.05, 3.63) is 48.7 Å². The molecule has 0 amide bonds. The summed E-state index contributed by atoms with van der Waals surface area (Å²) in [4.78, 5) is 19.1. The Labute approximate surface area is 142 Å². The van der Waals surface area contributed by atoms with Gasteiger partial charge in [-0.25, -0.2) is 0 Å². The van der Waals surface area contributed by atoms with Crippen LogP contribution in [0.15, 0.2) is 43.1 Å². The fourth-order valence-electron chi connectivity index (χ4n) is 4.46. The van der Waals surface area contributed by atoms with Gasteiger partial charge in [-0.2, -0.15) is 0 Å². The summed E-state index contributed by atoms with van der Waals surface area (Å²) in [6.45, 7) is 6.10. The van der Waals surface area contributed by atoms with Crippen LogP contribution in [0.5, 0.6) is 5.75 Å². The van der Waals surface area contributed by atoms with E-state index in [0.29, 0.717) is 11.8 Å². The molecule has 1 aromatic heterocycles. The lowest BCUT2D eigenvalue weighted by molar-refractivity contribution is -0.935. The van der Waals surface area contributed by atoms with Gasteiger partial charge >= 0.3 is 0 Å². The van der Waals surface area contributed by atoms with Gasteiger partial charge in [0, 0.05) is 35.9 Å². The first-order chi connectivity index (χ1) is 11.7. The zero-order valence-corrected chi connectivity index (χ0v) is 14.0. The van der Waals surface area contributed by atoms with Crippen LogP contribution in [0, 0.1) is 11.8 Å². The molecule has 4 heteroatoms. The van der Waals surface area contributed by atoms with Crippen LogP contribution in [0.25, 0.3) is 10.9 Å². The Morgan fingerprint density at radius 1 is 1.42 bits per heavy atom. The summed E-state index contributed by atoms with van der Waals surface area (Å²) in [5.41, 5.74) is 1.62. The van der Waals surface area contributed by atoms with Gasteiger partial charge in [0.25, 0.3) is 0 Å². The van der Waals surface area contributed by atoms with Crippen LogP contribution >= 0.6 is 0 Å². The van der Waals surface area contributed by atoms with E-state index in [4.69, 9.17) is 4.74 Å². The Balaban J connectivity index is 1.70. The minimum atomic E-state index is 0.0664. The number of piperidine rings is 3. The molecule has 2 aromatic rings. The van der Waals surface area contributed by atoms with Crippen LogP contribution < -0.4 is 9.64 Å². The van der Waals surface area contributed by atoms with E-state index in [1.54, 1.807) is 13.3 Å². The van der Waals surface area contributed by atoms with Crippen molar-refractivity contribution in [2.75, 3.05) is 20.2 Å². The number of hydrogen-bond acceptors (Lipinski definition) is 3. The fraction of sp³-hybridized carbons (Fsp3) is 0.400. The predicted octanol–water partition coefficient (Wildman–Crippen LogP) is 1.91. The maximum absolute atomic E-state index is 13.3. The number of carbonyl (C=O) groups is 1. The highest BCUT2D eigenvalue weighted by atomic mass is 16.5. The van der Waals surface area contributed by atoms with Crippen molar-refractivity contribution < 1.29 is 14.4 Å². The molecule has 24 heavy (non-hydrogen) atoms. The minimum Gasteiger partial charge on any atom is -0.497 e. The Morgan fingerprint density at radius 3 is 3.00 bits per heavy atom. The lowest BCUT2D eigenvalue weighted by atomic mass is 9.74. The molecular formula is C20H23N2O2+. The molecule has 0 radical (unpaired) electrons. The number of benzene rings is 1. The lowest BCUT2D eigenvalue weighted by Crippen LogP contribution is -3.20. The molecule has 0 spiro atoms. The summed E-state index contributed by atoms with van der Waals surface area (Å²) in [6, 6.07) is 7.65. The number of nitrogens with one attached hydrogen (secondary N) is 1. The highest BCUT2D eigenvalue weighted by Gasteiger charge is 2.45. The van der Waals surface area contributed by atoms with Crippen molar-refractivity contribution in [1.82, 2.24) is 4.98 Å². The monoisotopic (exact) mass is 323 g/mol. The van der Waals surface area contributed by atoms with Crippen LogP contribution in [0.4, 0.5) is 0 Å². The van der Waals surface area contributed by atoms with Crippen LogP contribution in [0.1, 0.15) is 23.2 Å². The molecule has 3 aliphatic rings. The number of fused-ring (bicyclic) bond motifs is 4. The quantitative estimate of drug-likeness (QED) is 0.690. The molecule has 2 bridgehead atoms. The second-order valence-electron chi connectivity index (χ2n) is 6.95. The maximum Gasteiger partial charge on any atom is 0.220 e. The second kappa shape index (κ2) is 6.02. The van der Waals surface area contributed by atoms with Crippen molar-refractivity contribution in [3.8, 4) is 5.75 Å². The van der Waals surface area contributed by atoms with E-state index in [2.05, 4.69) is 17.6 Å². The van der Waals surface area contributed by atoms with Gasteiger partial charge < -0.3 is 9.64 Å². The predicted molar refractivity (Wildman–Crippen MR) is 93.5 cm³/mol. The molecule has 0 aliphatic carbocycles. The fourth-order valence-corrected chi connectivity index (χ4v) is 4.46. The third kappa shape index (κ3) is 2.42. The summed E-state index contributed by atoms with van der Waals surface area (Å²) < 4.78 is 5.33. The molecule has 4 atom stereocenters. The first kappa shape index (κ1) is 15.3. The summed E-state index contributed by atoms with van der Waals surface area (Å²) in [5.74, 6) is 2.18. The first-order valence-corrected chi connectivity index (χ1v) is 8.65. The standard InChI is InChI=1S/C20H22N2O2/c1-3-13-12-22-9-7-14(13)10-19(22)20(23)16-6-8-21-18-5-4-15(24-2)11-17(16)18/h3-6,8,11,13-14,19H,1,7,9-10,12H2,2H3/p+1/t13-,14+,19+/m0/s1. The van der Waals surface area contributed by atoms with Gasteiger partial charge in [0.05, 0.1) is 25.7 Å². The zero-order chi connectivity index (χ0) is 16.7. The molecule has 1 aromatic carbocycles. The van der Waals surface area contributed by atoms with Crippen molar-refractivity contribution >= 4 is 16.7 Å². The summed E-state index contributed by atoms with van der Waals surface area (Å²) in [7, 11) is 1.64. The zero-order valence-electron chi connectivity index (χ0n) is 14.0. The van der Waals surface area contributed by atoms with Gasteiger partial charge in [-0.3, -0.25) is 9.78 Å². The van der Waals surface area contributed by atoms with E-state index in [1.807, 2.05) is 24.3 Å². The van der Waals surface area contributed by atoms with Crippen LogP contribution in [0.3, 0.4) is 0 Å². The van der Waals surface area contributed by atoms with E-state index in [9.17, 15) is 4.79 Å². The van der Waals surface area contributed by atoms with E-state index >= 15 is 0 Å². The average Bonchev–Trinajstić information content (AvgIpc) is 2.66. The molecule has 1 unspecified atom stereocenters. The number of methoxy groups -OCH3 is 1. The molecule has 3 saturated heterocycles. The van der Waals surface area contributed by atoms with Crippen molar-refractivity contribution in [1.29, 1.82) is 0 Å². The van der Waals surface area contributed by atoms with Crippen molar-refractivity contribution in [2.45, 2.75) is 18.9 Å². The molecule has 4 heterocycles. The number of ether oxygens (including phenoxy) is 1. The number of carbonyl (C=O) groups excluding carboxylic acids is 1.